The zero-order valence-electron chi connectivity index (χ0n) is 8.70. The van der Waals surface area contributed by atoms with Crippen molar-refractivity contribution in [2.24, 2.45) is 0 Å². The molecule has 0 spiro atoms. The van der Waals surface area contributed by atoms with E-state index in [-0.39, 0.29) is 18.2 Å². The highest BCUT2D eigenvalue weighted by Crippen LogP contribution is 2.00. The smallest absolute Gasteiger partial charge is 0.233 e. The molecule has 0 saturated carbocycles. The van der Waals surface area contributed by atoms with Gasteiger partial charge in [0.15, 0.2) is 0 Å². The molecule has 88 valence electrons. The molecule has 6 heteroatoms. The second-order valence-corrected chi connectivity index (χ2v) is 5.98. The summed E-state index contributed by atoms with van der Waals surface area (Å²) in [5, 5.41) is 0. The van der Waals surface area contributed by atoms with Crippen LogP contribution in [0.2, 0.25) is 0 Å². The van der Waals surface area contributed by atoms with E-state index < -0.39 is 9.05 Å². The van der Waals surface area contributed by atoms with E-state index in [0.29, 0.717) is 6.54 Å². The van der Waals surface area contributed by atoms with Crippen molar-refractivity contribution in [1.29, 1.82) is 0 Å². The van der Waals surface area contributed by atoms with Gasteiger partial charge in [-0.2, -0.15) is 0 Å². The van der Waals surface area contributed by atoms with E-state index in [4.69, 9.17) is 10.7 Å². The standard InChI is InChI=1S/C8H18ClNO2S.ClH/c1-3-5-10(6-4-2)7-8-13(9,11)12;/h3-8H2,1-2H3;1H. The van der Waals surface area contributed by atoms with Crippen LogP contribution in [0.4, 0.5) is 0 Å². The zero-order valence-corrected chi connectivity index (χ0v) is 11.1. The Kier molecular flexibility index (Phi) is 10.6. The minimum Gasteiger partial charge on any atom is -0.302 e. The molecule has 3 nitrogen and oxygen atoms in total. The third-order valence-corrected chi connectivity index (χ3v) is 2.86. The summed E-state index contributed by atoms with van der Waals surface area (Å²) in [6.45, 7) is 6.60. The molecule has 0 radical (unpaired) electrons. The maximum atomic E-state index is 10.7. The Hall–Kier alpha value is 0.490. The van der Waals surface area contributed by atoms with Gasteiger partial charge in [-0.15, -0.1) is 12.4 Å². The summed E-state index contributed by atoms with van der Waals surface area (Å²) >= 11 is 0. The molecule has 0 heterocycles. The number of nitrogens with zero attached hydrogens (tertiary/aromatic N) is 1. The Labute approximate surface area is 97.6 Å². The summed E-state index contributed by atoms with van der Waals surface area (Å²) in [6.07, 6.45) is 2.09. The van der Waals surface area contributed by atoms with Gasteiger partial charge in [0, 0.05) is 17.2 Å². The Bertz CT molecular complexity index is 213. The highest BCUT2D eigenvalue weighted by atomic mass is 35.7. The molecule has 0 amide bonds. The zero-order chi connectivity index (χ0) is 10.3. The molecule has 0 saturated heterocycles. The number of hydrogen-bond donors (Lipinski definition) is 0. The molecule has 0 aliphatic heterocycles. The van der Waals surface area contributed by atoms with Crippen molar-refractivity contribution in [1.82, 2.24) is 4.90 Å². The monoisotopic (exact) mass is 263 g/mol. The van der Waals surface area contributed by atoms with Gasteiger partial charge in [0.1, 0.15) is 0 Å². The lowest BCUT2D eigenvalue weighted by Gasteiger charge is -2.19. The second-order valence-electron chi connectivity index (χ2n) is 3.08. The third kappa shape index (κ3) is 10.6. The Morgan fingerprint density at radius 1 is 1.07 bits per heavy atom. The quantitative estimate of drug-likeness (QED) is 0.661. The van der Waals surface area contributed by atoms with Crippen molar-refractivity contribution >= 4 is 32.1 Å². The van der Waals surface area contributed by atoms with E-state index in [2.05, 4.69) is 18.7 Å². The highest BCUT2D eigenvalue weighted by Gasteiger charge is 2.09. The number of rotatable bonds is 7. The van der Waals surface area contributed by atoms with Gasteiger partial charge in [-0.25, -0.2) is 8.42 Å². The molecule has 0 aliphatic carbocycles. The van der Waals surface area contributed by atoms with Crippen molar-refractivity contribution < 1.29 is 8.42 Å². The fourth-order valence-electron chi connectivity index (χ4n) is 1.21. The van der Waals surface area contributed by atoms with Gasteiger partial charge >= 0.3 is 0 Å². The van der Waals surface area contributed by atoms with Crippen LogP contribution in [0, 0.1) is 0 Å². The lowest BCUT2D eigenvalue weighted by molar-refractivity contribution is 0.290. The molecule has 0 aromatic rings. The maximum Gasteiger partial charge on any atom is 0.233 e. The van der Waals surface area contributed by atoms with Gasteiger partial charge in [-0.1, -0.05) is 13.8 Å². The molecular formula is C8H19Cl2NO2S. The molecule has 0 rings (SSSR count). The Morgan fingerprint density at radius 2 is 1.50 bits per heavy atom. The van der Waals surface area contributed by atoms with Crippen LogP contribution in [-0.4, -0.2) is 38.7 Å². The highest BCUT2D eigenvalue weighted by molar-refractivity contribution is 8.13. The minimum atomic E-state index is -3.33. The fourth-order valence-corrected chi connectivity index (χ4v) is 1.89. The molecule has 0 aliphatic rings. The van der Waals surface area contributed by atoms with Gasteiger partial charge in [0.05, 0.1) is 5.75 Å². The van der Waals surface area contributed by atoms with Crippen molar-refractivity contribution in [2.75, 3.05) is 25.4 Å². The first-order valence-corrected chi connectivity index (χ1v) is 7.12. The molecule has 0 aromatic heterocycles. The lowest BCUT2D eigenvalue weighted by Crippen LogP contribution is -2.29. The Morgan fingerprint density at radius 3 is 1.79 bits per heavy atom. The van der Waals surface area contributed by atoms with E-state index in [1.54, 1.807) is 0 Å². The summed E-state index contributed by atoms with van der Waals surface area (Å²) in [4.78, 5) is 2.12. The minimum absolute atomic E-state index is 0. The van der Waals surface area contributed by atoms with Crippen LogP contribution in [0.5, 0.6) is 0 Å². The van der Waals surface area contributed by atoms with E-state index in [1.165, 1.54) is 0 Å². The number of halogens is 2. The van der Waals surface area contributed by atoms with Crippen LogP contribution in [-0.2, 0) is 9.05 Å². The van der Waals surface area contributed by atoms with Crippen LogP contribution in [0.3, 0.4) is 0 Å². The SMILES string of the molecule is CCCN(CCC)CCS(=O)(=O)Cl.Cl. The van der Waals surface area contributed by atoms with E-state index in [1.807, 2.05) is 0 Å². The first kappa shape index (κ1) is 16.9. The van der Waals surface area contributed by atoms with E-state index >= 15 is 0 Å². The van der Waals surface area contributed by atoms with Gasteiger partial charge in [0.2, 0.25) is 9.05 Å². The summed E-state index contributed by atoms with van der Waals surface area (Å²) < 4.78 is 21.4. The summed E-state index contributed by atoms with van der Waals surface area (Å²) in [6, 6.07) is 0. The maximum absolute atomic E-state index is 10.7. The molecule has 0 fully saturated rings. The van der Waals surface area contributed by atoms with Crippen molar-refractivity contribution in [3.63, 3.8) is 0 Å². The average Bonchev–Trinajstić information content (AvgIpc) is 2.00. The van der Waals surface area contributed by atoms with E-state index in [0.717, 1.165) is 25.9 Å². The summed E-state index contributed by atoms with van der Waals surface area (Å²) in [5.74, 6) is 0.0502. The van der Waals surface area contributed by atoms with Gasteiger partial charge in [-0.3, -0.25) is 0 Å². The van der Waals surface area contributed by atoms with Crippen LogP contribution in [0.25, 0.3) is 0 Å². The van der Waals surface area contributed by atoms with Crippen molar-refractivity contribution in [2.45, 2.75) is 26.7 Å². The first-order valence-electron chi connectivity index (χ1n) is 4.64. The lowest BCUT2D eigenvalue weighted by atomic mass is 10.3. The molecule has 0 aromatic carbocycles. The predicted molar refractivity (Wildman–Crippen MR) is 63.9 cm³/mol. The van der Waals surface area contributed by atoms with Crippen LogP contribution >= 0.6 is 23.1 Å². The van der Waals surface area contributed by atoms with Crippen LogP contribution < -0.4 is 0 Å². The predicted octanol–water partition coefficient (Wildman–Crippen LogP) is 2.10. The average molecular weight is 264 g/mol. The van der Waals surface area contributed by atoms with Gasteiger partial charge in [-0.05, 0) is 25.9 Å². The third-order valence-electron chi connectivity index (χ3n) is 1.73. The summed E-state index contributed by atoms with van der Waals surface area (Å²) in [7, 11) is 1.80. The van der Waals surface area contributed by atoms with Crippen molar-refractivity contribution in [3.05, 3.63) is 0 Å². The Balaban J connectivity index is 0. The second kappa shape index (κ2) is 8.77. The molecule has 0 atom stereocenters. The van der Waals surface area contributed by atoms with E-state index in [9.17, 15) is 8.42 Å². The van der Waals surface area contributed by atoms with Crippen LogP contribution in [0.1, 0.15) is 26.7 Å². The van der Waals surface area contributed by atoms with Crippen molar-refractivity contribution in [3.8, 4) is 0 Å². The normalized spacial score (nSPS) is 11.4. The van der Waals surface area contributed by atoms with Crippen LogP contribution in [0.15, 0.2) is 0 Å². The molecule has 0 N–H and O–H groups in total. The molecule has 0 bridgehead atoms. The largest absolute Gasteiger partial charge is 0.302 e. The molecular weight excluding hydrogens is 245 g/mol. The topological polar surface area (TPSA) is 37.4 Å². The molecule has 14 heavy (non-hydrogen) atoms. The van der Waals surface area contributed by atoms with Gasteiger partial charge < -0.3 is 4.90 Å². The summed E-state index contributed by atoms with van der Waals surface area (Å²) in [5.41, 5.74) is 0. The number of hydrogen-bond acceptors (Lipinski definition) is 3. The van der Waals surface area contributed by atoms with Gasteiger partial charge in [0.25, 0.3) is 0 Å². The fraction of sp³-hybridized carbons (Fsp3) is 1.00. The molecule has 0 unspecified atom stereocenters. The first-order chi connectivity index (χ1) is 5.99.